The topological polar surface area (TPSA) is 26.3 Å². The standard InChI is InChI=1S/C13H14O2/c1-15-13-4-2-3-11(9-13)8-12(14)7-10-5-6-10/h2-4,7,9H,5-6,8H2,1H3. The van der Waals surface area contributed by atoms with Crippen LogP contribution in [-0.2, 0) is 11.2 Å². The Morgan fingerprint density at radius 1 is 1.47 bits per heavy atom. The van der Waals surface area contributed by atoms with Crippen LogP contribution >= 0.6 is 0 Å². The summed E-state index contributed by atoms with van der Waals surface area (Å²) in [5.74, 6) is 0.995. The third-order valence-corrected chi connectivity index (χ3v) is 2.42. The van der Waals surface area contributed by atoms with Crippen molar-refractivity contribution in [2.45, 2.75) is 19.3 Å². The molecule has 15 heavy (non-hydrogen) atoms. The third kappa shape index (κ3) is 2.94. The first-order valence-corrected chi connectivity index (χ1v) is 5.13. The van der Waals surface area contributed by atoms with Crippen LogP contribution in [-0.4, -0.2) is 12.9 Å². The van der Waals surface area contributed by atoms with E-state index in [0.717, 1.165) is 24.2 Å². The average molecular weight is 202 g/mol. The molecule has 0 bridgehead atoms. The Labute approximate surface area is 89.6 Å². The van der Waals surface area contributed by atoms with E-state index in [1.54, 1.807) is 13.2 Å². The third-order valence-electron chi connectivity index (χ3n) is 2.42. The molecule has 0 unspecified atom stereocenters. The number of hydrogen-bond donors (Lipinski definition) is 0. The Hall–Kier alpha value is -1.57. The maximum Gasteiger partial charge on any atom is 0.160 e. The molecule has 0 radical (unpaired) electrons. The number of ether oxygens (including phenoxy) is 1. The fourth-order valence-electron chi connectivity index (χ4n) is 1.48. The van der Waals surface area contributed by atoms with Crippen LogP contribution in [0.2, 0.25) is 0 Å². The van der Waals surface area contributed by atoms with Gasteiger partial charge in [-0.25, -0.2) is 0 Å². The van der Waals surface area contributed by atoms with Crippen LogP contribution in [0.1, 0.15) is 18.4 Å². The Kier molecular flexibility index (Phi) is 2.86. The normalized spacial score (nSPS) is 13.5. The van der Waals surface area contributed by atoms with Gasteiger partial charge in [0.2, 0.25) is 0 Å². The molecule has 1 aliphatic carbocycles. The highest BCUT2D eigenvalue weighted by atomic mass is 16.5. The highest BCUT2D eigenvalue weighted by molar-refractivity contribution is 5.92. The zero-order valence-electron chi connectivity index (χ0n) is 8.82. The maximum atomic E-state index is 11.5. The number of carbonyl (C=O) groups is 1. The molecule has 78 valence electrons. The molecule has 1 aliphatic rings. The van der Waals surface area contributed by atoms with Gasteiger partial charge >= 0.3 is 0 Å². The van der Waals surface area contributed by atoms with E-state index in [2.05, 4.69) is 0 Å². The van der Waals surface area contributed by atoms with Crippen molar-refractivity contribution in [3.05, 3.63) is 41.5 Å². The molecule has 0 saturated heterocycles. The first-order chi connectivity index (χ1) is 7.28. The van der Waals surface area contributed by atoms with E-state index in [4.69, 9.17) is 4.74 Å². The first kappa shape index (κ1) is 9.97. The number of methoxy groups -OCH3 is 1. The van der Waals surface area contributed by atoms with Crippen molar-refractivity contribution < 1.29 is 9.53 Å². The number of ketones is 1. The molecule has 1 aromatic rings. The smallest absolute Gasteiger partial charge is 0.160 e. The van der Waals surface area contributed by atoms with E-state index < -0.39 is 0 Å². The van der Waals surface area contributed by atoms with Crippen LogP contribution in [0.25, 0.3) is 0 Å². The van der Waals surface area contributed by atoms with Gasteiger partial charge < -0.3 is 4.74 Å². The van der Waals surface area contributed by atoms with E-state index in [1.165, 1.54) is 5.57 Å². The molecular weight excluding hydrogens is 188 g/mol. The summed E-state index contributed by atoms with van der Waals surface area (Å²) >= 11 is 0. The van der Waals surface area contributed by atoms with Gasteiger partial charge in [0.05, 0.1) is 7.11 Å². The first-order valence-electron chi connectivity index (χ1n) is 5.13. The summed E-state index contributed by atoms with van der Waals surface area (Å²) in [6.07, 6.45) is 4.45. The molecule has 2 heteroatoms. The summed E-state index contributed by atoms with van der Waals surface area (Å²) in [6.45, 7) is 0. The number of benzene rings is 1. The van der Waals surface area contributed by atoms with Crippen molar-refractivity contribution in [1.29, 1.82) is 0 Å². The monoisotopic (exact) mass is 202 g/mol. The van der Waals surface area contributed by atoms with Gasteiger partial charge in [0, 0.05) is 6.42 Å². The van der Waals surface area contributed by atoms with Crippen LogP contribution in [0.5, 0.6) is 5.75 Å². The number of rotatable bonds is 4. The van der Waals surface area contributed by atoms with Crippen LogP contribution < -0.4 is 4.74 Å². The minimum absolute atomic E-state index is 0.191. The molecule has 0 N–H and O–H groups in total. The molecule has 0 atom stereocenters. The Bertz CT molecular complexity index is 399. The average Bonchev–Trinajstić information content (AvgIpc) is 3.02. The molecule has 0 aromatic heterocycles. The highest BCUT2D eigenvalue weighted by Gasteiger charge is 2.12. The second kappa shape index (κ2) is 4.30. The van der Waals surface area contributed by atoms with Crippen molar-refractivity contribution in [2.24, 2.45) is 0 Å². The fraction of sp³-hybridized carbons (Fsp3) is 0.308. The minimum atomic E-state index is 0.191. The van der Waals surface area contributed by atoms with Crippen LogP contribution in [0.3, 0.4) is 0 Å². The van der Waals surface area contributed by atoms with Crippen molar-refractivity contribution >= 4 is 5.78 Å². The molecular formula is C13H14O2. The van der Waals surface area contributed by atoms with Gasteiger partial charge in [-0.1, -0.05) is 17.7 Å². The molecule has 0 amide bonds. The molecule has 0 aliphatic heterocycles. The summed E-state index contributed by atoms with van der Waals surface area (Å²) in [5, 5.41) is 0. The molecule has 1 aromatic carbocycles. The largest absolute Gasteiger partial charge is 0.497 e. The highest BCUT2D eigenvalue weighted by Crippen LogP contribution is 2.27. The summed E-state index contributed by atoms with van der Waals surface area (Å²) in [4.78, 5) is 11.5. The summed E-state index contributed by atoms with van der Waals surface area (Å²) in [7, 11) is 1.63. The number of allylic oxidation sites excluding steroid dienone is 2. The van der Waals surface area contributed by atoms with Crippen LogP contribution in [0.4, 0.5) is 0 Å². The van der Waals surface area contributed by atoms with Crippen molar-refractivity contribution in [1.82, 2.24) is 0 Å². The quantitative estimate of drug-likeness (QED) is 0.701. The van der Waals surface area contributed by atoms with E-state index in [1.807, 2.05) is 24.3 Å². The van der Waals surface area contributed by atoms with E-state index in [-0.39, 0.29) is 5.78 Å². The molecule has 0 heterocycles. The number of hydrogen-bond acceptors (Lipinski definition) is 2. The Morgan fingerprint density at radius 3 is 2.93 bits per heavy atom. The molecule has 2 nitrogen and oxygen atoms in total. The summed E-state index contributed by atoms with van der Waals surface area (Å²) in [6, 6.07) is 7.65. The molecule has 2 rings (SSSR count). The second-order valence-corrected chi connectivity index (χ2v) is 3.80. The van der Waals surface area contributed by atoms with Crippen molar-refractivity contribution in [3.63, 3.8) is 0 Å². The fourth-order valence-corrected chi connectivity index (χ4v) is 1.48. The van der Waals surface area contributed by atoms with Gasteiger partial charge in [-0.2, -0.15) is 0 Å². The zero-order chi connectivity index (χ0) is 10.7. The van der Waals surface area contributed by atoms with Gasteiger partial charge in [0.15, 0.2) is 5.78 Å². The van der Waals surface area contributed by atoms with Crippen LogP contribution in [0.15, 0.2) is 35.9 Å². The van der Waals surface area contributed by atoms with Gasteiger partial charge in [0.25, 0.3) is 0 Å². The lowest BCUT2D eigenvalue weighted by molar-refractivity contribution is -0.114. The van der Waals surface area contributed by atoms with Gasteiger partial charge in [0.1, 0.15) is 5.75 Å². The minimum Gasteiger partial charge on any atom is -0.497 e. The lowest BCUT2D eigenvalue weighted by Gasteiger charge is -2.02. The lowest BCUT2D eigenvalue weighted by Crippen LogP contribution is -1.98. The van der Waals surface area contributed by atoms with E-state index in [9.17, 15) is 4.79 Å². The van der Waals surface area contributed by atoms with Gasteiger partial charge in [-0.05, 0) is 36.6 Å². The van der Waals surface area contributed by atoms with Crippen molar-refractivity contribution in [2.75, 3.05) is 7.11 Å². The predicted octanol–water partition coefficient (Wildman–Crippen LogP) is 2.53. The van der Waals surface area contributed by atoms with E-state index >= 15 is 0 Å². The predicted molar refractivity (Wildman–Crippen MR) is 59.0 cm³/mol. The van der Waals surface area contributed by atoms with E-state index in [0.29, 0.717) is 6.42 Å². The van der Waals surface area contributed by atoms with Gasteiger partial charge in [-0.15, -0.1) is 0 Å². The molecule has 0 spiro atoms. The maximum absolute atomic E-state index is 11.5. The number of carbonyl (C=O) groups excluding carboxylic acids is 1. The summed E-state index contributed by atoms with van der Waals surface area (Å²) < 4.78 is 5.10. The Morgan fingerprint density at radius 2 is 2.27 bits per heavy atom. The van der Waals surface area contributed by atoms with Gasteiger partial charge in [-0.3, -0.25) is 4.79 Å². The summed E-state index contributed by atoms with van der Waals surface area (Å²) in [5.41, 5.74) is 2.29. The van der Waals surface area contributed by atoms with Crippen molar-refractivity contribution in [3.8, 4) is 5.75 Å². The zero-order valence-corrected chi connectivity index (χ0v) is 8.82. The molecule has 1 saturated carbocycles. The second-order valence-electron chi connectivity index (χ2n) is 3.80. The SMILES string of the molecule is COc1cccc(CC(=O)C=C2CC2)c1. The Balaban J connectivity index is 2.03. The lowest BCUT2D eigenvalue weighted by atomic mass is 10.1. The molecule has 1 fully saturated rings. The van der Waals surface area contributed by atoms with Crippen LogP contribution in [0, 0.1) is 0 Å².